The van der Waals surface area contributed by atoms with Gasteiger partial charge < -0.3 is 10.1 Å². The number of nitrogens with one attached hydrogen (secondary N) is 1. The molecule has 0 atom stereocenters. The average Bonchev–Trinajstić information content (AvgIpc) is 2.88. The molecule has 0 aliphatic heterocycles. The van der Waals surface area contributed by atoms with Crippen molar-refractivity contribution in [1.29, 1.82) is 0 Å². The number of hydrogen-bond donors (Lipinski definition) is 1. The first-order valence-corrected chi connectivity index (χ1v) is 8.21. The third-order valence-corrected chi connectivity index (χ3v) is 5.47. The van der Waals surface area contributed by atoms with Crippen molar-refractivity contribution in [2.45, 2.75) is 37.6 Å². The van der Waals surface area contributed by atoms with Crippen LogP contribution in [-0.2, 0) is 0 Å². The van der Waals surface area contributed by atoms with Crippen molar-refractivity contribution in [3.8, 4) is 5.75 Å². The van der Waals surface area contributed by atoms with Gasteiger partial charge in [0.1, 0.15) is 10.6 Å². The lowest BCUT2D eigenvalue weighted by Gasteiger charge is -2.36. The van der Waals surface area contributed by atoms with Crippen molar-refractivity contribution >= 4 is 33.2 Å². The van der Waals surface area contributed by atoms with Crippen LogP contribution in [0.5, 0.6) is 5.75 Å². The molecular weight excluding hydrogens is 314 g/mol. The van der Waals surface area contributed by atoms with Crippen molar-refractivity contribution in [3.63, 3.8) is 0 Å². The number of alkyl halides is 1. The quantitative estimate of drug-likeness (QED) is 0.856. The van der Waals surface area contributed by atoms with Gasteiger partial charge in [-0.2, -0.15) is 0 Å². The molecule has 0 bridgehead atoms. The number of ether oxygens (including phenoxy) is 1. The molecule has 0 aromatic carbocycles. The Bertz CT molecular complexity index is 413. The molecule has 1 heterocycles. The molecule has 18 heavy (non-hydrogen) atoms. The number of carbonyl (C=O) groups excluding carboxylic acids is 1. The zero-order valence-electron chi connectivity index (χ0n) is 10.5. The molecule has 0 unspecified atom stereocenters. The summed E-state index contributed by atoms with van der Waals surface area (Å²) in [7, 11) is 1.60. The molecule has 2 rings (SSSR count). The molecule has 1 amide bonds. The Morgan fingerprint density at radius 2 is 2.22 bits per heavy atom. The number of thiophene rings is 1. The minimum atomic E-state index is -0.0790. The Balaban J connectivity index is 2.10. The van der Waals surface area contributed by atoms with Gasteiger partial charge in [0.15, 0.2) is 0 Å². The second-order valence-electron chi connectivity index (χ2n) is 4.75. The van der Waals surface area contributed by atoms with Crippen molar-refractivity contribution < 1.29 is 9.53 Å². The van der Waals surface area contributed by atoms with Gasteiger partial charge >= 0.3 is 0 Å². The molecule has 1 fully saturated rings. The highest BCUT2D eigenvalue weighted by Gasteiger charge is 2.33. The zero-order valence-corrected chi connectivity index (χ0v) is 12.9. The van der Waals surface area contributed by atoms with Gasteiger partial charge in [-0.3, -0.25) is 4.79 Å². The van der Waals surface area contributed by atoms with E-state index in [1.54, 1.807) is 7.11 Å². The molecule has 1 aromatic rings. The van der Waals surface area contributed by atoms with E-state index in [1.165, 1.54) is 30.6 Å². The lowest BCUT2D eigenvalue weighted by Crippen LogP contribution is -2.51. The monoisotopic (exact) mass is 331 g/mol. The highest BCUT2D eigenvalue weighted by atomic mass is 79.9. The molecule has 1 aliphatic rings. The highest BCUT2D eigenvalue weighted by molar-refractivity contribution is 9.09. The largest absolute Gasteiger partial charge is 0.495 e. The van der Waals surface area contributed by atoms with Crippen LogP contribution in [0.2, 0.25) is 0 Å². The molecule has 1 N–H and O–H groups in total. The summed E-state index contributed by atoms with van der Waals surface area (Å²) in [5.74, 6) is 0.654. The Hall–Kier alpha value is -0.550. The Kier molecular flexibility index (Phi) is 4.67. The minimum Gasteiger partial charge on any atom is -0.495 e. The number of rotatable bonds is 4. The normalized spacial score (nSPS) is 18.3. The summed E-state index contributed by atoms with van der Waals surface area (Å²) in [6, 6.07) is 1.83. The van der Waals surface area contributed by atoms with Gasteiger partial charge in [-0.05, 0) is 24.3 Å². The standard InChI is InChI=1S/C13H18BrNO2S/c1-17-10-5-8-18-11(10)12(16)15-13(9-14)6-3-2-4-7-13/h5,8H,2-4,6-7,9H2,1H3,(H,15,16). The number of hydrogen-bond acceptors (Lipinski definition) is 3. The number of amides is 1. The van der Waals surface area contributed by atoms with Gasteiger partial charge in [-0.15, -0.1) is 11.3 Å². The molecule has 0 spiro atoms. The highest BCUT2D eigenvalue weighted by Crippen LogP contribution is 2.31. The van der Waals surface area contributed by atoms with E-state index in [1.807, 2.05) is 11.4 Å². The van der Waals surface area contributed by atoms with Crippen LogP contribution in [0.4, 0.5) is 0 Å². The van der Waals surface area contributed by atoms with Gasteiger partial charge in [0.2, 0.25) is 0 Å². The number of halogens is 1. The van der Waals surface area contributed by atoms with E-state index in [4.69, 9.17) is 4.74 Å². The first kappa shape index (κ1) is 13.9. The van der Waals surface area contributed by atoms with Crippen molar-refractivity contribution in [2.24, 2.45) is 0 Å². The summed E-state index contributed by atoms with van der Waals surface area (Å²) < 4.78 is 5.20. The van der Waals surface area contributed by atoms with Gasteiger partial charge in [-0.1, -0.05) is 35.2 Å². The zero-order chi connectivity index (χ0) is 13.0. The van der Waals surface area contributed by atoms with Crippen molar-refractivity contribution in [2.75, 3.05) is 12.4 Å². The van der Waals surface area contributed by atoms with Gasteiger partial charge in [0, 0.05) is 5.33 Å². The molecule has 1 aromatic heterocycles. The van der Waals surface area contributed by atoms with E-state index < -0.39 is 0 Å². The van der Waals surface area contributed by atoms with Crippen LogP contribution in [0.1, 0.15) is 41.8 Å². The molecular formula is C13H18BrNO2S. The van der Waals surface area contributed by atoms with Crippen LogP contribution in [0.3, 0.4) is 0 Å². The van der Waals surface area contributed by atoms with E-state index >= 15 is 0 Å². The predicted molar refractivity (Wildman–Crippen MR) is 77.9 cm³/mol. The number of methoxy groups -OCH3 is 1. The topological polar surface area (TPSA) is 38.3 Å². The van der Waals surface area contributed by atoms with Crippen LogP contribution in [0.15, 0.2) is 11.4 Å². The van der Waals surface area contributed by atoms with E-state index in [2.05, 4.69) is 21.2 Å². The molecule has 3 nitrogen and oxygen atoms in total. The van der Waals surface area contributed by atoms with E-state index in [0.717, 1.165) is 18.2 Å². The Labute approximate surface area is 120 Å². The SMILES string of the molecule is COc1ccsc1C(=O)NC1(CBr)CCCCC1. The maximum Gasteiger partial charge on any atom is 0.265 e. The molecule has 1 saturated carbocycles. The average molecular weight is 332 g/mol. The molecule has 1 aliphatic carbocycles. The smallest absolute Gasteiger partial charge is 0.265 e. The maximum atomic E-state index is 12.3. The summed E-state index contributed by atoms with van der Waals surface area (Å²) in [4.78, 5) is 13.0. The van der Waals surface area contributed by atoms with Crippen LogP contribution in [-0.4, -0.2) is 23.9 Å². The Morgan fingerprint density at radius 1 is 1.50 bits per heavy atom. The minimum absolute atomic E-state index is 0.0109. The molecule has 100 valence electrons. The lowest BCUT2D eigenvalue weighted by atomic mass is 9.83. The fraction of sp³-hybridized carbons (Fsp3) is 0.615. The summed E-state index contributed by atoms with van der Waals surface area (Å²) in [5.41, 5.74) is -0.0790. The fourth-order valence-corrected chi connectivity index (χ4v) is 3.90. The van der Waals surface area contributed by atoms with Crippen molar-refractivity contribution in [3.05, 3.63) is 16.3 Å². The summed E-state index contributed by atoms with van der Waals surface area (Å²) in [5, 5.41) is 5.91. The van der Waals surface area contributed by atoms with E-state index in [-0.39, 0.29) is 11.4 Å². The lowest BCUT2D eigenvalue weighted by molar-refractivity contribution is 0.0888. The van der Waals surface area contributed by atoms with Gasteiger partial charge in [0.25, 0.3) is 5.91 Å². The van der Waals surface area contributed by atoms with Gasteiger partial charge in [0.05, 0.1) is 12.6 Å². The third kappa shape index (κ3) is 2.88. The van der Waals surface area contributed by atoms with Crippen molar-refractivity contribution in [1.82, 2.24) is 5.32 Å². The van der Waals surface area contributed by atoms with E-state index in [9.17, 15) is 4.79 Å². The predicted octanol–water partition coefficient (Wildman–Crippen LogP) is 3.58. The molecule has 5 heteroatoms. The summed E-state index contributed by atoms with van der Waals surface area (Å²) >= 11 is 4.98. The molecule has 0 saturated heterocycles. The first-order valence-electron chi connectivity index (χ1n) is 6.21. The second kappa shape index (κ2) is 6.06. The first-order chi connectivity index (χ1) is 8.71. The van der Waals surface area contributed by atoms with Crippen LogP contribution < -0.4 is 10.1 Å². The summed E-state index contributed by atoms with van der Waals surface area (Å²) in [6.45, 7) is 0. The van der Waals surface area contributed by atoms with E-state index in [0.29, 0.717) is 10.6 Å². The fourth-order valence-electron chi connectivity index (χ4n) is 2.44. The third-order valence-electron chi connectivity index (χ3n) is 3.50. The van der Waals surface area contributed by atoms with Crippen LogP contribution in [0.25, 0.3) is 0 Å². The van der Waals surface area contributed by atoms with Gasteiger partial charge in [-0.25, -0.2) is 0 Å². The summed E-state index contributed by atoms with van der Waals surface area (Å²) in [6.07, 6.45) is 5.75. The second-order valence-corrected chi connectivity index (χ2v) is 6.22. The Morgan fingerprint density at radius 3 is 2.83 bits per heavy atom. The number of carbonyl (C=O) groups is 1. The van der Waals surface area contributed by atoms with Crippen LogP contribution >= 0.6 is 27.3 Å². The van der Waals surface area contributed by atoms with Crippen LogP contribution in [0, 0.1) is 0 Å². The maximum absolute atomic E-state index is 12.3. The molecule has 0 radical (unpaired) electrons.